The Balaban J connectivity index is 1.61. The highest BCUT2D eigenvalue weighted by molar-refractivity contribution is 7.89. The summed E-state index contributed by atoms with van der Waals surface area (Å²) in [6.45, 7) is -0.261. The summed E-state index contributed by atoms with van der Waals surface area (Å²) in [7, 11) is -4.00. The van der Waals surface area contributed by atoms with E-state index in [1.165, 1.54) is 34.6 Å². The number of alkyl halides is 3. The standard InChI is InChI=1S/C25H23F3N2O5S/c26-25(27,28)19-9-5-10-20(14-19)35-24(18-7-2-1-3-8-18)15-30(16-24)36(33,34)21-11-4-6-17(12-21)13-22(29)23(31)32/h1-12,14,22H,13,15-16,29H2,(H,31,32)/t22-/m0/s1. The highest BCUT2D eigenvalue weighted by atomic mass is 32.2. The van der Waals surface area contributed by atoms with Gasteiger partial charge in [-0.15, -0.1) is 0 Å². The number of hydrogen-bond acceptors (Lipinski definition) is 5. The smallest absolute Gasteiger partial charge is 0.416 e. The van der Waals surface area contributed by atoms with Crippen molar-refractivity contribution < 1.29 is 36.2 Å². The molecule has 1 aliphatic rings. The predicted octanol–water partition coefficient (Wildman–Crippen LogP) is 3.64. The number of sulfonamides is 1. The first-order valence-corrected chi connectivity index (χ1v) is 12.3. The Labute approximate surface area is 206 Å². The molecule has 0 aromatic heterocycles. The lowest BCUT2D eigenvalue weighted by atomic mass is 9.87. The second-order valence-corrected chi connectivity index (χ2v) is 10.5. The summed E-state index contributed by atoms with van der Waals surface area (Å²) in [6, 6.07) is 17.8. The van der Waals surface area contributed by atoms with Crippen molar-refractivity contribution in [2.75, 3.05) is 13.1 Å². The summed E-state index contributed by atoms with van der Waals surface area (Å²) in [5, 5.41) is 9.03. The fraction of sp³-hybridized carbons (Fsp3) is 0.240. The van der Waals surface area contributed by atoms with Gasteiger partial charge in [0.25, 0.3) is 0 Å². The first kappa shape index (κ1) is 25.7. The van der Waals surface area contributed by atoms with E-state index >= 15 is 0 Å². The van der Waals surface area contributed by atoms with Crippen molar-refractivity contribution in [3.63, 3.8) is 0 Å². The number of nitrogens with two attached hydrogens (primary N) is 1. The minimum absolute atomic E-state index is 0.0321. The van der Waals surface area contributed by atoms with Gasteiger partial charge in [-0.25, -0.2) is 8.42 Å². The lowest BCUT2D eigenvalue weighted by Crippen LogP contribution is -2.64. The lowest BCUT2D eigenvalue weighted by molar-refractivity contribution is -0.139. The minimum Gasteiger partial charge on any atom is -0.480 e. The van der Waals surface area contributed by atoms with E-state index in [1.54, 1.807) is 36.4 Å². The number of rotatable bonds is 8. The molecule has 1 heterocycles. The van der Waals surface area contributed by atoms with Crippen LogP contribution in [0.3, 0.4) is 0 Å². The van der Waals surface area contributed by atoms with Crippen LogP contribution in [-0.2, 0) is 33.0 Å². The molecule has 0 saturated carbocycles. The number of nitrogens with zero attached hydrogens (tertiary/aromatic N) is 1. The molecule has 0 bridgehead atoms. The first-order valence-electron chi connectivity index (χ1n) is 10.9. The summed E-state index contributed by atoms with van der Waals surface area (Å²) in [5.41, 5.74) is 4.57. The van der Waals surface area contributed by atoms with E-state index in [-0.39, 0.29) is 30.2 Å². The normalized spacial score (nSPS) is 16.7. The molecule has 0 radical (unpaired) electrons. The fourth-order valence-corrected chi connectivity index (χ4v) is 5.63. The van der Waals surface area contributed by atoms with E-state index in [0.29, 0.717) is 11.1 Å². The molecule has 1 atom stereocenters. The van der Waals surface area contributed by atoms with Gasteiger partial charge in [0.1, 0.15) is 11.8 Å². The average molecular weight is 521 g/mol. The van der Waals surface area contributed by atoms with Gasteiger partial charge in [-0.05, 0) is 47.9 Å². The molecule has 36 heavy (non-hydrogen) atoms. The summed E-state index contributed by atoms with van der Waals surface area (Å²) in [6.07, 6.45) is -4.60. The van der Waals surface area contributed by atoms with Crippen molar-refractivity contribution in [3.8, 4) is 5.75 Å². The van der Waals surface area contributed by atoms with Gasteiger partial charge >= 0.3 is 12.1 Å². The van der Waals surface area contributed by atoms with Crippen LogP contribution in [0.2, 0.25) is 0 Å². The Morgan fingerprint density at radius 3 is 2.33 bits per heavy atom. The van der Waals surface area contributed by atoms with E-state index in [4.69, 9.17) is 15.6 Å². The van der Waals surface area contributed by atoms with Crippen molar-refractivity contribution in [2.24, 2.45) is 5.73 Å². The van der Waals surface area contributed by atoms with Crippen molar-refractivity contribution in [1.82, 2.24) is 4.31 Å². The molecular weight excluding hydrogens is 497 g/mol. The SMILES string of the molecule is N[C@@H](Cc1cccc(S(=O)(=O)N2CC(Oc3cccc(C(F)(F)F)c3)(c3ccccc3)C2)c1)C(=O)O. The molecule has 190 valence electrons. The zero-order valence-electron chi connectivity index (χ0n) is 18.9. The van der Waals surface area contributed by atoms with Gasteiger partial charge in [0, 0.05) is 0 Å². The second-order valence-electron chi connectivity index (χ2n) is 8.56. The number of carboxylic acids is 1. The molecule has 0 amide bonds. The third-order valence-corrected chi connectivity index (χ3v) is 7.73. The van der Waals surface area contributed by atoms with Crippen molar-refractivity contribution in [3.05, 3.63) is 95.6 Å². The van der Waals surface area contributed by atoms with Crippen LogP contribution in [0.1, 0.15) is 16.7 Å². The average Bonchev–Trinajstić information content (AvgIpc) is 2.81. The Bertz CT molecular complexity index is 1360. The number of ether oxygens (including phenoxy) is 1. The van der Waals surface area contributed by atoms with Crippen LogP contribution >= 0.6 is 0 Å². The van der Waals surface area contributed by atoms with Crippen LogP contribution in [-0.4, -0.2) is 42.9 Å². The molecule has 7 nitrogen and oxygen atoms in total. The molecule has 0 unspecified atom stereocenters. The largest absolute Gasteiger partial charge is 0.480 e. The van der Waals surface area contributed by atoms with Crippen LogP contribution in [0.15, 0.2) is 83.8 Å². The summed E-state index contributed by atoms with van der Waals surface area (Å²) < 4.78 is 73.4. The molecule has 11 heteroatoms. The summed E-state index contributed by atoms with van der Waals surface area (Å²) in [4.78, 5) is 11.0. The second kappa shape index (κ2) is 9.57. The quantitative estimate of drug-likeness (QED) is 0.469. The highest BCUT2D eigenvalue weighted by Crippen LogP contribution is 2.41. The highest BCUT2D eigenvalue weighted by Gasteiger charge is 2.52. The first-order chi connectivity index (χ1) is 16.9. The molecular formula is C25H23F3N2O5S. The molecule has 1 aliphatic heterocycles. The molecule has 1 fully saturated rings. The molecule has 0 aliphatic carbocycles. The lowest BCUT2D eigenvalue weighted by Gasteiger charge is -2.49. The van der Waals surface area contributed by atoms with Crippen LogP contribution in [0.4, 0.5) is 13.2 Å². The number of carboxylic acid groups (broad SMARTS) is 1. The van der Waals surface area contributed by atoms with Gasteiger partial charge in [0.2, 0.25) is 10.0 Å². The van der Waals surface area contributed by atoms with Crippen molar-refractivity contribution >= 4 is 16.0 Å². The van der Waals surface area contributed by atoms with Crippen molar-refractivity contribution in [1.29, 1.82) is 0 Å². The van der Waals surface area contributed by atoms with Gasteiger partial charge in [-0.1, -0.05) is 48.5 Å². The van der Waals surface area contributed by atoms with Gasteiger partial charge in [0.15, 0.2) is 5.60 Å². The number of benzene rings is 3. The Kier molecular flexibility index (Phi) is 6.82. The Hall–Kier alpha value is -3.41. The maximum absolute atomic E-state index is 13.3. The van der Waals surface area contributed by atoms with E-state index in [0.717, 1.165) is 12.1 Å². The van der Waals surface area contributed by atoms with Crippen LogP contribution in [0.5, 0.6) is 5.75 Å². The maximum Gasteiger partial charge on any atom is 0.416 e. The van der Waals surface area contributed by atoms with Crippen LogP contribution < -0.4 is 10.5 Å². The zero-order valence-corrected chi connectivity index (χ0v) is 19.7. The monoisotopic (exact) mass is 520 g/mol. The molecule has 3 N–H and O–H groups in total. The molecule has 3 aromatic carbocycles. The predicted molar refractivity (Wildman–Crippen MR) is 125 cm³/mol. The summed E-state index contributed by atoms with van der Waals surface area (Å²) >= 11 is 0. The number of aliphatic carboxylic acids is 1. The van der Waals surface area contributed by atoms with E-state index in [1.807, 2.05) is 0 Å². The number of hydrogen-bond donors (Lipinski definition) is 2. The van der Waals surface area contributed by atoms with Gasteiger partial charge in [-0.3, -0.25) is 4.79 Å². The van der Waals surface area contributed by atoms with Gasteiger partial charge in [-0.2, -0.15) is 17.5 Å². The number of carbonyl (C=O) groups is 1. The van der Waals surface area contributed by atoms with Gasteiger partial charge < -0.3 is 15.6 Å². The molecule has 3 aromatic rings. The minimum atomic E-state index is -4.55. The van der Waals surface area contributed by atoms with Crippen LogP contribution in [0.25, 0.3) is 0 Å². The summed E-state index contributed by atoms with van der Waals surface area (Å²) in [5.74, 6) is -1.24. The Morgan fingerprint density at radius 2 is 1.69 bits per heavy atom. The van der Waals surface area contributed by atoms with E-state index in [9.17, 15) is 26.4 Å². The van der Waals surface area contributed by atoms with E-state index < -0.39 is 39.4 Å². The maximum atomic E-state index is 13.3. The third kappa shape index (κ3) is 5.23. The third-order valence-electron chi connectivity index (χ3n) is 5.95. The zero-order chi connectivity index (χ0) is 26.1. The molecule has 4 rings (SSSR count). The number of halogens is 3. The van der Waals surface area contributed by atoms with Crippen molar-refractivity contribution in [2.45, 2.75) is 29.1 Å². The molecule has 1 saturated heterocycles. The topological polar surface area (TPSA) is 110 Å². The fourth-order valence-electron chi connectivity index (χ4n) is 4.03. The van der Waals surface area contributed by atoms with Crippen LogP contribution in [0, 0.1) is 0 Å². The Morgan fingerprint density at radius 1 is 1.03 bits per heavy atom. The van der Waals surface area contributed by atoms with E-state index in [2.05, 4.69) is 0 Å². The van der Waals surface area contributed by atoms with Gasteiger partial charge in [0.05, 0.1) is 23.5 Å². The molecule has 0 spiro atoms.